The number of ether oxygens (including phenoxy) is 2. The second-order valence-electron chi connectivity index (χ2n) is 3.46. The first-order valence-corrected chi connectivity index (χ1v) is 5.57. The normalized spacial score (nSPS) is 11.2. The van der Waals surface area contributed by atoms with Gasteiger partial charge in [0.15, 0.2) is 5.82 Å². The monoisotopic (exact) mass is 305 g/mol. The van der Waals surface area contributed by atoms with Crippen LogP contribution < -0.4 is 9.47 Å². The Bertz CT molecular complexity index is 622. The highest BCUT2D eigenvalue weighted by atomic mass is 35.5. The van der Waals surface area contributed by atoms with Crippen molar-refractivity contribution >= 4 is 11.6 Å². The van der Waals surface area contributed by atoms with Crippen molar-refractivity contribution in [3.05, 3.63) is 29.5 Å². The zero-order valence-electron chi connectivity index (χ0n) is 9.98. The van der Waals surface area contributed by atoms with E-state index in [-0.39, 0.29) is 22.7 Å². The minimum atomic E-state index is -4.82. The van der Waals surface area contributed by atoms with Gasteiger partial charge in [-0.15, -0.1) is 13.2 Å². The van der Waals surface area contributed by atoms with E-state index in [1.165, 1.54) is 25.3 Å². The Labute approximate surface area is 116 Å². The smallest absolute Gasteiger partial charge is 0.467 e. The van der Waals surface area contributed by atoms with E-state index in [0.29, 0.717) is 0 Å². The predicted octanol–water partition coefficient (Wildman–Crippen LogP) is 3.10. The van der Waals surface area contributed by atoms with Crippen LogP contribution in [-0.4, -0.2) is 28.4 Å². The SMILES string of the molecule is COc1nc(Cl)nc(-c2ccccc2OC(F)(F)F)n1. The van der Waals surface area contributed by atoms with Gasteiger partial charge in [0.1, 0.15) is 5.75 Å². The summed E-state index contributed by atoms with van der Waals surface area (Å²) < 4.78 is 45.7. The number of para-hydroxylation sites is 1. The molecule has 2 rings (SSSR count). The lowest BCUT2D eigenvalue weighted by Crippen LogP contribution is -2.17. The Hall–Kier alpha value is -2.09. The van der Waals surface area contributed by atoms with E-state index in [0.717, 1.165) is 6.07 Å². The number of hydrogen-bond donors (Lipinski definition) is 0. The van der Waals surface area contributed by atoms with Gasteiger partial charge in [-0.1, -0.05) is 12.1 Å². The van der Waals surface area contributed by atoms with Crippen LogP contribution in [0.3, 0.4) is 0 Å². The number of halogens is 4. The van der Waals surface area contributed by atoms with Gasteiger partial charge in [0.05, 0.1) is 12.7 Å². The fourth-order valence-corrected chi connectivity index (χ4v) is 1.56. The number of methoxy groups -OCH3 is 1. The first-order valence-electron chi connectivity index (χ1n) is 5.20. The maximum atomic E-state index is 12.3. The Morgan fingerprint density at radius 1 is 1.10 bits per heavy atom. The van der Waals surface area contributed by atoms with Crippen LogP contribution in [-0.2, 0) is 0 Å². The molecule has 0 atom stereocenters. The molecule has 0 spiro atoms. The minimum absolute atomic E-state index is 0.0208. The highest BCUT2D eigenvalue weighted by molar-refractivity contribution is 6.28. The third-order valence-corrected chi connectivity index (χ3v) is 2.29. The first-order chi connectivity index (χ1) is 9.39. The van der Waals surface area contributed by atoms with Crippen molar-refractivity contribution in [2.45, 2.75) is 6.36 Å². The van der Waals surface area contributed by atoms with Crippen molar-refractivity contribution in [2.24, 2.45) is 0 Å². The van der Waals surface area contributed by atoms with E-state index in [1.54, 1.807) is 0 Å². The quantitative estimate of drug-likeness (QED) is 0.872. The zero-order chi connectivity index (χ0) is 14.8. The van der Waals surface area contributed by atoms with Gasteiger partial charge in [0.2, 0.25) is 5.28 Å². The third-order valence-electron chi connectivity index (χ3n) is 2.12. The molecule has 1 aromatic carbocycles. The van der Waals surface area contributed by atoms with Gasteiger partial charge >= 0.3 is 12.4 Å². The molecule has 0 bridgehead atoms. The van der Waals surface area contributed by atoms with Gasteiger partial charge in [-0.2, -0.15) is 15.0 Å². The van der Waals surface area contributed by atoms with Crippen molar-refractivity contribution in [3.8, 4) is 23.1 Å². The molecule has 0 N–H and O–H groups in total. The average Bonchev–Trinajstić information content (AvgIpc) is 2.36. The van der Waals surface area contributed by atoms with Crippen LogP contribution in [0.15, 0.2) is 24.3 Å². The van der Waals surface area contributed by atoms with Gasteiger partial charge in [-0.05, 0) is 23.7 Å². The number of benzene rings is 1. The molecule has 0 aliphatic heterocycles. The second kappa shape index (κ2) is 5.49. The van der Waals surface area contributed by atoms with Crippen LogP contribution in [0.25, 0.3) is 11.4 Å². The number of hydrogen-bond acceptors (Lipinski definition) is 5. The Morgan fingerprint density at radius 3 is 2.45 bits per heavy atom. The van der Waals surface area contributed by atoms with Crippen LogP contribution in [0.5, 0.6) is 11.8 Å². The molecule has 5 nitrogen and oxygen atoms in total. The molecule has 0 fully saturated rings. The van der Waals surface area contributed by atoms with Gasteiger partial charge in [-0.25, -0.2) is 0 Å². The van der Waals surface area contributed by atoms with Crippen molar-refractivity contribution < 1.29 is 22.6 Å². The molecule has 0 radical (unpaired) electrons. The summed E-state index contributed by atoms with van der Waals surface area (Å²) in [6.07, 6.45) is -4.82. The number of rotatable bonds is 3. The number of nitrogens with zero attached hydrogens (tertiary/aromatic N) is 3. The highest BCUT2D eigenvalue weighted by Gasteiger charge is 2.32. The number of alkyl halides is 3. The fourth-order valence-electron chi connectivity index (χ4n) is 1.41. The summed E-state index contributed by atoms with van der Waals surface area (Å²) in [5.41, 5.74) is 0.0208. The standard InChI is InChI=1S/C11H7ClF3N3O2/c1-19-10-17-8(16-9(12)18-10)6-4-2-3-5-7(6)20-11(13,14)15/h2-5H,1H3. The third kappa shape index (κ3) is 3.47. The summed E-state index contributed by atoms with van der Waals surface area (Å²) in [6.45, 7) is 0. The average molecular weight is 306 g/mol. The van der Waals surface area contributed by atoms with E-state index < -0.39 is 12.1 Å². The van der Waals surface area contributed by atoms with Crippen LogP contribution in [0.1, 0.15) is 0 Å². The lowest BCUT2D eigenvalue weighted by atomic mass is 10.2. The van der Waals surface area contributed by atoms with Gasteiger partial charge < -0.3 is 9.47 Å². The van der Waals surface area contributed by atoms with Crippen molar-refractivity contribution in [3.63, 3.8) is 0 Å². The molecule has 1 aromatic heterocycles. The molecular formula is C11H7ClF3N3O2. The number of aromatic nitrogens is 3. The van der Waals surface area contributed by atoms with Gasteiger partial charge in [0.25, 0.3) is 0 Å². The molecule has 0 unspecified atom stereocenters. The van der Waals surface area contributed by atoms with E-state index in [1.807, 2.05) is 0 Å². The first kappa shape index (κ1) is 14.3. The zero-order valence-corrected chi connectivity index (χ0v) is 10.7. The molecule has 0 aliphatic carbocycles. The summed E-state index contributed by atoms with van der Waals surface area (Å²) in [5.74, 6) is -0.522. The molecule has 0 aliphatic rings. The Morgan fingerprint density at radius 2 is 1.80 bits per heavy atom. The highest BCUT2D eigenvalue weighted by Crippen LogP contribution is 2.32. The molecule has 0 amide bonds. The molecule has 0 saturated heterocycles. The summed E-state index contributed by atoms with van der Waals surface area (Å²) in [6, 6.07) is 5.31. The molecule has 2 aromatic rings. The molecule has 1 heterocycles. The molecule has 106 valence electrons. The maximum absolute atomic E-state index is 12.3. The maximum Gasteiger partial charge on any atom is 0.573 e. The lowest BCUT2D eigenvalue weighted by Gasteiger charge is -2.12. The summed E-state index contributed by atoms with van der Waals surface area (Å²) >= 11 is 5.66. The largest absolute Gasteiger partial charge is 0.573 e. The summed E-state index contributed by atoms with van der Waals surface area (Å²) in [4.78, 5) is 11.2. The Kier molecular flexibility index (Phi) is 3.93. The molecule has 9 heteroatoms. The van der Waals surface area contributed by atoms with Gasteiger partial charge in [-0.3, -0.25) is 0 Å². The fraction of sp³-hybridized carbons (Fsp3) is 0.182. The molecular weight excluding hydrogens is 299 g/mol. The van der Waals surface area contributed by atoms with Crippen LogP contribution in [0.4, 0.5) is 13.2 Å². The van der Waals surface area contributed by atoms with E-state index in [2.05, 4.69) is 19.7 Å². The van der Waals surface area contributed by atoms with Gasteiger partial charge in [0, 0.05) is 0 Å². The van der Waals surface area contributed by atoms with Crippen molar-refractivity contribution in [1.29, 1.82) is 0 Å². The van der Waals surface area contributed by atoms with Crippen molar-refractivity contribution in [2.75, 3.05) is 7.11 Å². The van der Waals surface area contributed by atoms with E-state index in [9.17, 15) is 13.2 Å². The van der Waals surface area contributed by atoms with Crippen LogP contribution >= 0.6 is 11.6 Å². The van der Waals surface area contributed by atoms with Crippen LogP contribution in [0.2, 0.25) is 5.28 Å². The minimum Gasteiger partial charge on any atom is -0.467 e. The summed E-state index contributed by atoms with van der Waals surface area (Å²) in [5, 5.41) is -0.200. The second-order valence-corrected chi connectivity index (χ2v) is 3.80. The lowest BCUT2D eigenvalue weighted by molar-refractivity contribution is -0.274. The van der Waals surface area contributed by atoms with Crippen LogP contribution in [0, 0.1) is 0 Å². The van der Waals surface area contributed by atoms with Crippen molar-refractivity contribution in [1.82, 2.24) is 15.0 Å². The molecule has 20 heavy (non-hydrogen) atoms. The topological polar surface area (TPSA) is 57.1 Å². The van der Waals surface area contributed by atoms with E-state index in [4.69, 9.17) is 16.3 Å². The van der Waals surface area contributed by atoms with E-state index >= 15 is 0 Å². The summed E-state index contributed by atoms with van der Waals surface area (Å²) in [7, 11) is 1.30. The Balaban J connectivity index is 2.50. The molecule has 0 saturated carbocycles. The predicted molar refractivity (Wildman–Crippen MR) is 63.5 cm³/mol.